The van der Waals surface area contributed by atoms with Crippen LogP contribution < -0.4 is 10.0 Å². The fraction of sp³-hybridized carbons (Fsp3) is 0.138. The van der Waals surface area contributed by atoms with E-state index in [-0.39, 0.29) is 21.8 Å². The number of carbonyl (C=O) groups excluding carboxylic acids is 1. The molecule has 2 heterocycles. The summed E-state index contributed by atoms with van der Waals surface area (Å²) in [6, 6.07) is 19.4. The first-order valence-corrected chi connectivity index (χ1v) is 13.8. The van der Waals surface area contributed by atoms with E-state index in [1.54, 1.807) is 30.3 Å². The molecule has 0 radical (unpaired) electrons. The number of anilines is 2. The number of fused-ring (bicyclic) bond motifs is 1. The van der Waals surface area contributed by atoms with E-state index in [9.17, 15) is 22.0 Å². The largest absolute Gasteiger partial charge is 0.322 e. The van der Waals surface area contributed by atoms with Gasteiger partial charge in [0.15, 0.2) is 5.65 Å². The number of halogens is 2. The highest BCUT2D eigenvalue weighted by molar-refractivity contribution is 7.92. The molecule has 2 N–H and O–H groups in total. The Hall–Kier alpha value is -4.64. The maximum absolute atomic E-state index is 13.8. The molecule has 0 aliphatic rings. The third-order valence-corrected chi connectivity index (χ3v) is 7.74. The molecule has 0 aliphatic carbocycles. The Kier molecular flexibility index (Phi) is 7.07. The minimum absolute atomic E-state index is 0.0107. The lowest BCUT2D eigenvalue weighted by atomic mass is 10.1. The van der Waals surface area contributed by atoms with Crippen molar-refractivity contribution in [3.8, 4) is 11.3 Å². The number of hydrogen-bond acceptors (Lipinski definition) is 5. The van der Waals surface area contributed by atoms with Crippen LogP contribution in [-0.4, -0.2) is 28.9 Å². The van der Waals surface area contributed by atoms with Gasteiger partial charge in [0.05, 0.1) is 22.5 Å². The highest BCUT2D eigenvalue weighted by Crippen LogP contribution is 2.28. The molecule has 0 aliphatic heterocycles. The van der Waals surface area contributed by atoms with E-state index in [2.05, 4.69) is 20.1 Å². The maximum Gasteiger partial charge on any atom is 0.280 e. The van der Waals surface area contributed by atoms with Crippen molar-refractivity contribution in [2.75, 3.05) is 10.0 Å². The number of carbonyl (C=O) groups is 1. The highest BCUT2D eigenvalue weighted by atomic mass is 32.2. The molecule has 5 aromatic rings. The van der Waals surface area contributed by atoms with Crippen LogP contribution in [0.1, 0.15) is 39.2 Å². The topological polar surface area (TPSA) is 105 Å². The average Bonchev–Trinajstić information content (AvgIpc) is 3.35. The molecule has 204 valence electrons. The summed E-state index contributed by atoms with van der Waals surface area (Å²) in [5.74, 6) is -0.632. The van der Waals surface area contributed by atoms with Crippen molar-refractivity contribution in [3.05, 3.63) is 107 Å². The highest BCUT2D eigenvalue weighted by Gasteiger charge is 2.22. The van der Waals surface area contributed by atoms with Crippen LogP contribution in [0.4, 0.5) is 20.2 Å². The number of nitrogens with zero attached hydrogens (tertiary/aromatic N) is 3. The number of aryl methyl sites for hydroxylation is 3. The molecule has 5 rings (SSSR count). The molecule has 0 saturated carbocycles. The number of sulfonamides is 1. The molecular weight excluding hydrogens is 536 g/mol. The van der Waals surface area contributed by atoms with Crippen LogP contribution in [-0.2, 0) is 10.0 Å². The van der Waals surface area contributed by atoms with Crippen LogP contribution in [0, 0.1) is 20.8 Å². The number of rotatable bonds is 7. The SMILES string of the molecule is Cc1cc(C)c(NS(=O)(=O)c2ccc(NC(=O)c3cnn4c(C(F)F)cc(-c5ccccc5)nc34)cc2)c(C)c1. The zero-order valence-corrected chi connectivity index (χ0v) is 22.6. The second-order valence-electron chi connectivity index (χ2n) is 9.38. The number of benzene rings is 3. The summed E-state index contributed by atoms with van der Waals surface area (Å²) in [6.07, 6.45) is -1.67. The predicted octanol–water partition coefficient (Wildman–Crippen LogP) is 6.31. The number of hydrogen-bond donors (Lipinski definition) is 2. The van der Waals surface area contributed by atoms with E-state index in [1.807, 2.05) is 32.9 Å². The van der Waals surface area contributed by atoms with Crippen molar-refractivity contribution in [2.45, 2.75) is 32.1 Å². The molecule has 0 fully saturated rings. The molecule has 3 aromatic carbocycles. The number of nitrogens with one attached hydrogen (secondary N) is 2. The lowest BCUT2D eigenvalue weighted by Gasteiger charge is -2.14. The number of amides is 1. The molecule has 40 heavy (non-hydrogen) atoms. The zero-order valence-electron chi connectivity index (χ0n) is 21.8. The standard InChI is InChI=1S/C29H25F2N5O3S/c1-17-13-18(2)26(19(3)14-17)35-40(38,39)22-11-9-21(10-12-22)33-29(37)23-16-32-36-25(27(30)31)15-24(34-28(23)36)20-7-5-4-6-8-20/h4-16,27,35H,1-3H3,(H,33,37). The van der Waals surface area contributed by atoms with Crippen LogP contribution in [0.2, 0.25) is 0 Å². The van der Waals surface area contributed by atoms with Gasteiger partial charge in [0.25, 0.3) is 22.4 Å². The minimum atomic E-state index is -3.89. The molecule has 0 spiro atoms. The van der Waals surface area contributed by atoms with E-state index >= 15 is 0 Å². The van der Waals surface area contributed by atoms with Crippen LogP contribution in [0.25, 0.3) is 16.9 Å². The number of alkyl halides is 2. The van der Waals surface area contributed by atoms with Gasteiger partial charge in [-0.2, -0.15) is 5.10 Å². The third kappa shape index (κ3) is 5.28. The Labute approximate surface area is 229 Å². The van der Waals surface area contributed by atoms with Gasteiger partial charge >= 0.3 is 0 Å². The quantitative estimate of drug-likeness (QED) is 0.242. The van der Waals surface area contributed by atoms with Gasteiger partial charge in [-0.1, -0.05) is 48.0 Å². The van der Waals surface area contributed by atoms with Gasteiger partial charge in [0.2, 0.25) is 0 Å². The van der Waals surface area contributed by atoms with E-state index in [0.29, 0.717) is 16.9 Å². The molecule has 1 amide bonds. The average molecular weight is 562 g/mol. The number of aromatic nitrogens is 3. The smallest absolute Gasteiger partial charge is 0.280 e. The second kappa shape index (κ2) is 10.5. The van der Waals surface area contributed by atoms with Gasteiger partial charge < -0.3 is 5.32 Å². The first kappa shape index (κ1) is 26.9. The van der Waals surface area contributed by atoms with Gasteiger partial charge in [-0.3, -0.25) is 9.52 Å². The van der Waals surface area contributed by atoms with Crippen molar-refractivity contribution >= 4 is 33.0 Å². The molecule has 0 atom stereocenters. The Morgan fingerprint density at radius 2 is 1.57 bits per heavy atom. The molecule has 11 heteroatoms. The molecule has 0 unspecified atom stereocenters. The summed E-state index contributed by atoms with van der Waals surface area (Å²) < 4.78 is 57.3. The lowest BCUT2D eigenvalue weighted by Crippen LogP contribution is -2.15. The zero-order chi connectivity index (χ0) is 28.6. The summed E-state index contributed by atoms with van der Waals surface area (Å²) in [5, 5.41) is 6.63. The van der Waals surface area contributed by atoms with E-state index in [0.717, 1.165) is 21.2 Å². The monoisotopic (exact) mass is 561 g/mol. The summed E-state index contributed by atoms with van der Waals surface area (Å²) in [4.78, 5) is 17.6. The lowest BCUT2D eigenvalue weighted by molar-refractivity contribution is 0.102. The normalized spacial score (nSPS) is 11.7. The van der Waals surface area contributed by atoms with Crippen LogP contribution in [0.15, 0.2) is 83.9 Å². The molecule has 0 bridgehead atoms. The molecule has 8 nitrogen and oxygen atoms in total. The predicted molar refractivity (Wildman–Crippen MR) is 149 cm³/mol. The first-order valence-electron chi connectivity index (χ1n) is 12.3. The third-order valence-electron chi connectivity index (χ3n) is 6.37. The fourth-order valence-corrected chi connectivity index (χ4v) is 5.71. The van der Waals surface area contributed by atoms with Crippen molar-refractivity contribution in [3.63, 3.8) is 0 Å². The molecule has 0 saturated heterocycles. The Morgan fingerprint density at radius 3 is 2.20 bits per heavy atom. The molecular formula is C29H25F2N5O3S. The maximum atomic E-state index is 13.8. The van der Waals surface area contributed by atoms with Gasteiger partial charge in [0, 0.05) is 11.3 Å². The Balaban J connectivity index is 1.41. The van der Waals surface area contributed by atoms with Crippen molar-refractivity contribution in [2.24, 2.45) is 0 Å². The van der Waals surface area contributed by atoms with Crippen LogP contribution in [0.3, 0.4) is 0 Å². The van der Waals surface area contributed by atoms with Crippen LogP contribution in [0.5, 0.6) is 0 Å². The summed E-state index contributed by atoms with van der Waals surface area (Å²) >= 11 is 0. The van der Waals surface area contributed by atoms with E-state index in [4.69, 9.17) is 0 Å². The van der Waals surface area contributed by atoms with Gasteiger partial charge in [-0.05, 0) is 62.2 Å². The van der Waals surface area contributed by atoms with Gasteiger partial charge in [0.1, 0.15) is 11.3 Å². The van der Waals surface area contributed by atoms with E-state index in [1.165, 1.54) is 36.5 Å². The van der Waals surface area contributed by atoms with Gasteiger partial charge in [-0.15, -0.1) is 0 Å². The first-order chi connectivity index (χ1) is 19.0. The fourth-order valence-electron chi connectivity index (χ4n) is 4.51. The summed E-state index contributed by atoms with van der Waals surface area (Å²) in [7, 11) is -3.89. The van der Waals surface area contributed by atoms with Crippen molar-refractivity contribution in [1.29, 1.82) is 0 Å². The summed E-state index contributed by atoms with van der Waals surface area (Å²) in [5.41, 5.74) is 3.91. The van der Waals surface area contributed by atoms with Crippen molar-refractivity contribution < 1.29 is 22.0 Å². The second-order valence-corrected chi connectivity index (χ2v) is 11.1. The Morgan fingerprint density at radius 1 is 0.925 bits per heavy atom. The summed E-state index contributed by atoms with van der Waals surface area (Å²) in [6.45, 7) is 5.60. The van der Waals surface area contributed by atoms with Crippen molar-refractivity contribution in [1.82, 2.24) is 14.6 Å². The Bertz CT molecular complexity index is 1810. The van der Waals surface area contributed by atoms with E-state index < -0.39 is 28.0 Å². The van der Waals surface area contributed by atoms with Gasteiger partial charge in [-0.25, -0.2) is 26.7 Å². The molecule has 2 aromatic heterocycles. The minimum Gasteiger partial charge on any atom is -0.322 e. The van der Waals surface area contributed by atoms with Crippen LogP contribution >= 0.6 is 0 Å².